The Morgan fingerprint density at radius 2 is 1.74 bits per heavy atom. The molecule has 2 aromatic carbocycles. The van der Waals surface area contributed by atoms with Gasteiger partial charge in [-0.1, -0.05) is 30.3 Å². The van der Waals surface area contributed by atoms with Crippen LogP contribution in [0.2, 0.25) is 0 Å². The first-order valence-electron chi connectivity index (χ1n) is 11.9. The van der Waals surface area contributed by atoms with Crippen LogP contribution in [0.5, 0.6) is 11.5 Å². The minimum absolute atomic E-state index is 0.0767. The van der Waals surface area contributed by atoms with Gasteiger partial charge < -0.3 is 14.4 Å². The Hall–Kier alpha value is -3.74. The van der Waals surface area contributed by atoms with Crippen molar-refractivity contribution in [3.8, 4) is 22.6 Å². The number of aryl methyl sites for hydroxylation is 2. The number of ether oxygens (including phenoxy) is 2. The molecular formula is C27H30N4O3. The molecule has 0 atom stereocenters. The van der Waals surface area contributed by atoms with Gasteiger partial charge in [-0.2, -0.15) is 4.52 Å². The van der Waals surface area contributed by atoms with Crippen molar-refractivity contribution < 1.29 is 9.47 Å². The topological polar surface area (TPSA) is 71.9 Å². The third kappa shape index (κ3) is 3.71. The van der Waals surface area contributed by atoms with E-state index < -0.39 is 0 Å². The maximum absolute atomic E-state index is 13.7. The second kappa shape index (κ2) is 8.89. The number of hydrogen-bond donors (Lipinski definition) is 1. The van der Waals surface area contributed by atoms with Crippen LogP contribution >= 0.6 is 0 Å². The van der Waals surface area contributed by atoms with Crippen LogP contribution in [0.15, 0.2) is 47.3 Å². The lowest BCUT2D eigenvalue weighted by Crippen LogP contribution is -2.36. The SMILES string of the molecule is CCOc1ccc(-c2c(C)[nH]n3c(=O)c(N4CCc5ccccc5C4)c(C)nc23)cc1OCC. The van der Waals surface area contributed by atoms with E-state index in [1.807, 2.05) is 45.9 Å². The van der Waals surface area contributed by atoms with Crippen molar-refractivity contribution in [2.75, 3.05) is 24.7 Å². The molecule has 176 valence electrons. The molecule has 0 aliphatic carbocycles. The zero-order chi connectivity index (χ0) is 23.8. The number of aromatic amines is 1. The number of nitrogens with one attached hydrogen (secondary N) is 1. The van der Waals surface area contributed by atoms with Gasteiger partial charge in [0.1, 0.15) is 5.69 Å². The molecule has 0 radical (unpaired) electrons. The van der Waals surface area contributed by atoms with Crippen LogP contribution in [0.3, 0.4) is 0 Å². The quantitative estimate of drug-likeness (QED) is 0.455. The molecule has 0 saturated heterocycles. The molecule has 3 heterocycles. The zero-order valence-electron chi connectivity index (χ0n) is 20.1. The summed E-state index contributed by atoms with van der Waals surface area (Å²) in [6.07, 6.45) is 0.916. The number of benzene rings is 2. The number of fused-ring (bicyclic) bond motifs is 2. The molecule has 5 rings (SSSR count). The van der Waals surface area contributed by atoms with E-state index in [-0.39, 0.29) is 5.56 Å². The van der Waals surface area contributed by atoms with Gasteiger partial charge in [0.05, 0.1) is 18.9 Å². The number of aromatic nitrogens is 3. The van der Waals surface area contributed by atoms with E-state index in [0.29, 0.717) is 42.6 Å². The van der Waals surface area contributed by atoms with E-state index in [2.05, 4.69) is 34.3 Å². The average molecular weight is 459 g/mol. The van der Waals surface area contributed by atoms with Gasteiger partial charge in [0.2, 0.25) is 0 Å². The third-order valence-electron chi connectivity index (χ3n) is 6.39. The first kappa shape index (κ1) is 22.1. The summed E-state index contributed by atoms with van der Waals surface area (Å²) in [6.45, 7) is 10.4. The monoisotopic (exact) mass is 458 g/mol. The van der Waals surface area contributed by atoms with Gasteiger partial charge in [-0.3, -0.25) is 9.89 Å². The summed E-state index contributed by atoms with van der Waals surface area (Å²) in [5.74, 6) is 1.39. The first-order chi connectivity index (χ1) is 16.5. The largest absolute Gasteiger partial charge is 0.490 e. The molecule has 1 aliphatic rings. The Morgan fingerprint density at radius 1 is 1.00 bits per heavy atom. The van der Waals surface area contributed by atoms with Crippen molar-refractivity contribution in [1.82, 2.24) is 14.6 Å². The molecule has 0 bridgehead atoms. The molecule has 7 heteroatoms. The van der Waals surface area contributed by atoms with E-state index >= 15 is 0 Å². The van der Waals surface area contributed by atoms with Gasteiger partial charge in [-0.25, -0.2) is 4.98 Å². The first-order valence-corrected chi connectivity index (χ1v) is 11.9. The van der Waals surface area contributed by atoms with E-state index in [9.17, 15) is 4.79 Å². The zero-order valence-corrected chi connectivity index (χ0v) is 20.1. The van der Waals surface area contributed by atoms with Crippen molar-refractivity contribution in [3.05, 3.63) is 75.3 Å². The molecule has 0 fully saturated rings. The second-order valence-electron chi connectivity index (χ2n) is 8.59. The summed E-state index contributed by atoms with van der Waals surface area (Å²) >= 11 is 0. The molecule has 7 nitrogen and oxygen atoms in total. The number of H-pyrrole nitrogens is 1. The fourth-order valence-electron chi connectivity index (χ4n) is 4.88. The van der Waals surface area contributed by atoms with Gasteiger partial charge in [-0.15, -0.1) is 0 Å². The lowest BCUT2D eigenvalue weighted by molar-refractivity contribution is 0.288. The van der Waals surface area contributed by atoms with Gasteiger partial charge in [0.25, 0.3) is 5.56 Å². The van der Waals surface area contributed by atoms with Crippen molar-refractivity contribution in [2.45, 2.75) is 40.7 Å². The van der Waals surface area contributed by atoms with Crippen LogP contribution in [0.4, 0.5) is 5.69 Å². The maximum Gasteiger partial charge on any atom is 0.296 e. The number of anilines is 1. The highest BCUT2D eigenvalue weighted by Crippen LogP contribution is 2.36. The number of nitrogens with zero attached hydrogens (tertiary/aromatic N) is 3. The highest BCUT2D eigenvalue weighted by Gasteiger charge is 2.24. The van der Waals surface area contributed by atoms with Gasteiger partial charge >= 0.3 is 0 Å². The molecular weight excluding hydrogens is 428 g/mol. The highest BCUT2D eigenvalue weighted by atomic mass is 16.5. The Bertz CT molecular complexity index is 1420. The van der Waals surface area contributed by atoms with Gasteiger partial charge in [-0.05, 0) is 62.9 Å². The fraction of sp³-hybridized carbons (Fsp3) is 0.333. The van der Waals surface area contributed by atoms with Crippen LogP contribution < -0.4 is 19.9 Å². The number of rotatable bonds is 6. The van der Waals surface area contributed by atoms with E-state index in [0.717, 1.165) is 35.5 Å². The summed E-state index contributed by atoms with van der Waals surface area (Å²) < 4.78 is 13.1. The average Bonchev–Trinajstić information content (AvgIpc) is 3.16. The summed E-state index contributed by atoms with van der Waals surface area (Å²) in [4.78, 5) is 20.7. The molecule has 0 amide bonds. The third-order valence-corrected chi connectivity index (χ3v) is 6.39. The van der Waals surface area contributed by atoms with E-state index in [1.54, 1.807) is 4.52 Å². The Kier molecular flexibility index (Phi) is 5.77. The minimum atomic E-state index is -0.0767. The van der Waals surface area contributed by atoms with Gasteiger partial charge in [0, 0.05) is 24.3 Å². The van der Waals surface area contributed by atoms with Crippen molar-refractivity contribution in [3.63, 3.8) is 0 Å². The van der Waals surface area contributed by atoms with Crippen molar-refractivity contribution >= 4 is 11.3 Å². The summed E-state index contributed by atoms with van der Waals surface area (Å²) in [7, 11) is 0. The summed E-state index contributed by atoms with van der Waals surface area (Å²) in [5.41, 5.74) is 7.23. The minimum Gasteiger partial charge on any atom is -0.490 e. The fourth-order valence-corrected chi connectivity index (χ4v) is 4.88. The smallest absolute Gasteiger partial charge is 0.296 e. The van der Waals surface area contributed by atoms with Gasteiger partial charge in [0.15, 0.2) is 17.1 Å². The predicted octanol–water partition coefficient (Wildman–Crippen LogP) is 4.67. The maximum atomic E-state index is 13.7. The highest BCUT2D eigenvalue weighted by molar-refractivity contribution is 5.82. The molecule has 34 heavy (non-hydrogen) atoms. The second-order valence-corrected chi connectivity index (χ2v) is 8.59. The van der Waals surface area contributed by atoms with Crippen LogP contribution in [0, 0.1) is 13.8 Å². The standard InChI is InChI=1S/C27H30N4O3/c1-5-33-22-12-11-20(15-23(22)34-6-2)24-17(3)29-31-26(24)28-18(4)25(27(31)32)30-14-13-19-9-7-8-10-21(19)16-30/h7-12,15,29H,5-6,13-14,16H2,1-4H3. The van der Waals surface area contributed by atoms with Crippen LogP contribution in [-0.2, 0) is 13.0 Å². The summed E-state index contributed by atoms with van der Waals surface area (Å²) in [5, 5.41) is 3.25. The molecule has 1 aliphatic heterocycles. The lowest BCUT2D eigenvalue weighted by Gasteiger charge is -2.30. The molecule has 0 spiro atoms. The Balaban J connectivity index is 1.60. The molecule has 1 N–H and O–H groups in total. The van der Waals surface area contributed by atoms with E-state index in [1.165, 1.54) is 11.1 Å². The molecule has 4 aromatic rings. The van der Waals surface area contributed by atoms with Crippen LogP contribution in [-0.4, -0.2) is 34.4 Å². The Labute approximate surface area is 198 Å². The van der Waals surface area contributed by atoms with E-state index in [4.69, 9.17) is 14.5 Å². The molecule has 2 aromatic heterocycles. The Morgan fingerprint density at radius 3 is 2.50 bits per heavy atom. The van der Waals surface area contributed by atoms with Crippen molar-refractivity contribution in [1.29, 1.82) is 0 Å². The van der Waals surface area contributed by atoms with Crippen LogP contribution in [0.25, 0.3) is 16.8 Å². The molecule has 0 saturated carbocycles. The van der Waals surface area contributed by atoms with Crippen LogP contribution in [0.1, 0.15) is 36.4 Å². The predicted molar refractivity (Wildman–Crippen MR) is 134 cm³/mol. The number of hydrogen-bond acceptors (Lipinski definition) is 5. The van der Waals surface area contributed by atoms with Crippen molar-refractivity contribution in [2.24, 2.45) is 0 Å². The summed E-state index contributed by atoms with van der Waals surface area (Å²) in [6, 6.07) is 14.3. The molecule has 0 unspecified atom stereocenters. The normalized spacial score (nSPS) is 13.2. The lowest BCUT2D eigenvalue weighted by atomic mass is 9.99.